The molecule has 2 aromatic rings. The molecule has 0 aliphatic heterocycles. The lowest BCUT2D eigenvalue weighted by Crippen LogP contribution is -1.92. The van der Waals surface area contributed by atoms with Gasteiger partial charge in [-0.25, -0.2) is 4.98 Å². The van der Waals surface area contributed by atoms with Crippen LogP contribution in [0.15, 0.2) is 18.5 Å². The summed E-state index contributed by atoms with van der Waals surface area (Å²) in [6.45, 7) is -0.0537. The first-order chi connectivity index (χ1) is 6.24. The van der Waals surface area contributed by atoms with Gasteiger partial charge in [0, 0.05) is 30.4 Å². The van der Waals surface area contributed by atoms with Crippen LogP contribution in [0.3, 0.4) is 0 Å². The Kier molecular flexibility index (Phi) is 1.98. The van der Waals surface area contributed by atoms with Crippen LogP contribution in [0.25, 0.3) is 11.0 Å². The van der Waals surface area contributed by atoms with Crippen LogP contribution < -0.4 is 0 Å². The number of aliphatic hydroxyl groups is 1. The van der Waals surface area contributed by atoms with Gasteiger partial charge in [0.1, 0.15) is 5.65 Å². The van der Waals surface area contributed by atoms with E-state index in [-0.39, 0.29) is 6.61 Å². The highest BCUT2D eigenvalue weighted by atomic mass is 35.5. The summed E-state index contributed by atoms with van der Waals surface area (Å²) in [5.41, 5.74) is 1.58. The van der Waals surface area contributed by atoms with Crippen molar-refractivity contribution in [2.75, 3.05) is 0 Å². The van der Waals surface area contributed by atoms with E-state index in [0.29, 0.717) is 5.02 Å². The van der Waals surface area contributed by atoms with Crippen molar-refractivity contribution in [2.45, 2.75) is 6.61 Å². The first-order valence-electron chi connectivity index (χ1n) is 3.93. The summed E-state index contributed by atoms with van der Waals surface area (Å²) in [6.07, 6.45) is 3.46. The normalized spacial score (nSPS) is 11.0. The van der Waals surface area contributed by atoms with Crippen molar-refractivity contribution >= 4 is 22.6 Å². The van der Waals surface area contributed by atoms with Crippen LogP contribution in [0.5, 0.6) is 0 Å². The maximum Gasteiger partial charge on any atom is 0.140 e. The lowest BCUT2D eigenvalue weighted by molar-refractivity contribution is 0.283. The molecule has 0 saturated heterocycles. The molecule has 0 saturated carbocycles. The molecule has 0 radical (unpaired) electrons. The number of aromatic nitrogens is 2. The SMILES string of the molecule is Cn1ccc2c(CO)c(Cl)cnc21. The number of aliphatic hydroxyl groups excluding tert-OH is 1. The van der Waals surface area contributed by atoms with Gasteiger partial charge in [-0.05, 0) is 6.07 Å². The average Bonchev–Trinajstić information content (AvgIpc) is 2.48. The quantitative estimate of drug-likeness (QED) is 0.754. The minimum Gasteiger partial charge on any atom is -0.392 e. The van der Waals surface area contributed by atoms with Gasteiger partial charge in [0.05, 0.1) is 11.6 Å². The Morgan fingerprint density at radius 2 is 2.38 bits per heavy atom. The summed E-state index contributed by atoms with van der Waals surface area (Å²) in [5, 5.41) is 10.5. The fourth-order valence-electron chi connectivity index (χ4n) is 1.40. The maximum atomic E-state index is 9.10. The standard InChI is InChI=1S/C9H9ClN2O/c1-12-3-2-6-7(5-13)8(10)4-11-9(6)12/h2-4,13H,5H2,1H3. The molecule has 0 amide bonds. The Hall–Kier alpha value is -1.06. The molecule has 4 heteroatoms. The summed E-state index contributed by atoms with van der Waals surface area (Å²) in [7, 11) is 1.91. The monoisotopic (exact) mass is 196 g/mol. The van der Waals surface area contributed by atoms with Crippen LogP contribution in [-0.4, -0.2) is 14.7 Å². The molecule has 0 aromatic carbocycles. The maximum absolute atomic E-state index is 9.10. The molecule has 0 bridgehead atoms. The molecule has 2 rings (SSSR count). The summed E-state index contributed by atoms with van der Waals surface area (Å²) in [5.74, 6) is 0. The molecule has 3 nitrogen and oxygen atoms in total. The molecule has 2 aromatic heterocycles. The lowest BCUT2D eigenvalue weighted by Gasteiger charge is -2.02. The first-order valence-corrected chi connectivity index (χ1v) is 4.31. The van der Waals surface area contributed by atoms with E-state index in [4.69, 9.17) is 16.7 Å². The van der Waals surface area contributed by atoms with Gasteiger partial charge in [0.25, 0.3) is 0 Å². The highest BCUT2D eigenvalue weighted by Gasteiger charge is 2.07. The second-order valence-corrected chi connectivity index (χ2v) is 3.31. The summed E-state index contributed by atoms with van der Waals surface area (Å²) >= 11 is 5.88. The van der Waals surface area contributed by atoms with Crippen molar-refractivity contribution in [1.82, 2.24) is 9.55 Å². The van der Waals surface area contributed by atoms with Crippen molar-refractivity contribution in [3.05, 3.63) is 29.0 Å². The highest BCUT2D eigenvalue weighted by molar-refractivity contribution is 6.32. The third kappa shape index (κ3) is 1.20. The number of pyridine rings is 1. The molecule has 0 aliphatic rings. The molecule has 0 atom stereocenters. The molecule has 13 heavy (non-hydrogen) atoms. The van der Waals surface area contributed by atoms with E-state index in [1.165, 1.54) is 0 Å². The molecule has 0 unspecified atom stereocenters. The third-order valence-corrected chi connectivity index (χ3v) is 2.44. The van der Waals surface area contributed by atoms with Gasteiger partial charge in [-0.1, -0.05) is 11.6 Å². The number of aryl methyl sites for hydroxylation is 1. The number of hydrogen-bond donors (Lipinski definition) is 1. The summed E-state index contributed by atoms with van der Waals surface area (Å²) in [6, 6.07) is 1.90. The fraction of sp³-hybridized carbons (Fsp3) is 0.222. The number of rotatable bonds is 1. The van der Waals surface area contributed by atoms with E-state index in [1.54, 1.807) is 6.20 Å². The van der Waals surface area contributed by atoms with Crippen LogP contribution in [0, 0.1) is 0 Å². The molecular weight excluding hydrogens is 188 g/mol. The van der Waals surface area contributed by atoms with Crippen molar-refractivity contribution < 1.29 is 5.11 Å². The molecular formula is C9H9ClN2O. The first kappa shape index (κ1) is 8.53. The van der Waals surface area contributed by atoms with Gasteiger partial charge in [-0.3, -0.25) is 0 Å². The van der Waals surface area contributed by atoms with Crippen LogP contribution in [0.4, 0.5) is 0 Å². The molecule has 1 N–H and O–H groups in total. The molecule has 68 valence electrons. The van der Waals surface area contributed by atoms with Gasteiger partial charge in [0.2, 0.25) is 0 Å². The topological polar surface area (TPSA) is 38.0 Å². The Balaban J connectivity index is 2.85. The van der Waals surface area contributed by atoms with E-state index in [2.05, 4.69) is 4.98 Å². The summed E-state index contributed by atoms with van der Waals surface area (Å²) in [4.78, 5) is 4.17. The van der Waals surface area contributed by atoms with E-state index >= 15 is 0 Å². The van der Waals surface area contributed by atoms with Crippen molar-refractivity contribution in [3.8, 4) is 0 Å². The Bertz CT molecular complexity index is 450. The largest absolute Gasteiger partial charge is 0.392 e. The summed E-state index contributed by atoms with van der Waals surface area (Å²) < 4.78 is 1.89. The van der Waals surface area contributed by atoms with Crippen molar-refractivity contribution in [1.29, 1.82) is 0 Å². The van der Waals surface area contributed by atoms with Crippen molar-refractivity contribution in [3.63, 3.8) is 0 Å². The fourth-order valence-corrected chi connectivity index (χ4v) is 1.61. The van der Waals surface area contributed by atoms with Crippen molar-refractivity contribution in [2.24, 2.45) is 7.05 Å². The van der Waals surface area contributed by atoms with E-state index < -0.39 is 0 Å². The molecule has 0 fully saturated rings. The van der Waals surface area contributed by atoms with E-state index in [0.717, 1.165) is 16.6 Å². The van der Waals surface area contributed by atoms with Gasteiger partial charge in [0.15, 0.2) is 0 Å². The molecule has 0 aliphatic carbocycles. The second-order valence-electron chi connectivity index (χ2n) is 2.91. The predicted molar refractivity (Wildman–Crippen MR) is 51.6 cm³/mol. The average molecular weight is 197 g/mol. The van der Waals surface area contributed by atoms with Gasteiger partial charge in [-0.15, -0.1) is 0 Å². The van der Waals surface area contributed by atoms with Gasteiger partial charge in [-0.2, -0.15) is 0 Å². The predicted octanol–water partition coefficient (Wildman–Crippen LogP) is 1.72. The third-order valence-electron chi connectivity index (χ3n) is 2.11. The Morgan fingerprint density at radius 3 is 3.08 bits per heavy atom. The van der Waals surface area contributed by atoms with E-state index in [9.17, 15) is 0 Å². The smallest absolute Gasteiger partial charge is 0.140 e. The Morgan fingerprint density at radius 1 is 1.62 bits per heavy atom. The zero-order valence-corrected chi connectivity index (χ0v) is 7.91. The van der Waals surface area contributed by atoms with Crippen LogP contribution in [0.2, 0.25) is 5.02 Å². The number of hydrogen-bond acceptors (Lipinski definition) is 2. The minimum atomic E-state index is -0.0537. The minimum absolute atomic E-state index is 0.0537. The zero-order valence-electron chi connectivity index (χ0n) is 7.16. The van der Waals surface area contributed by atoms with Crippen LogP contribution in [-0.2, 0) is 13.7 Å². The lowest BCUT2D eigenvalue weighted by atomic mass is 10.2. The second kappa shape index (κ2) is 3.01. The van der Waals surface area contributed by atoms with E-state index in [1.807, 2.05) is 23.9 Å². The molecule has 0 spiro atoms. The highest BCUT2D eigenvalue weighted by Crippen LogP contribution is 2.24. The Labute approximate surface area is 80.6 Å². The van der Waals surface area contributed by atoms with Crippen LogP contribution >= 0.6 is 11.6 Å². The number of nitrogens with zero attached hydrogens (tertiary/aromatic N) is 2. The number of fused-ring (bicyclic) bond motifs is 1. The van der Waals surface area contributed by atoms with Crippen LogP contribution in [0.1, 0.15) is 5.56 Å². The van der Waals surface area contributed by atoms with Gasteiger partial charge >= 0.3 is 0 Å². The molecule has 2 heterocycles. The number of halogens is 1. The zero-order chi connectivity index (χ0) is 9.42. The van der Waals surface area contributed by atoms with Gasteiger partial charge < -0.3 is 9.67 Å².